The Labute approximate surface area is 107 Å². The van der Waals surface area contributed by atoms with E-state index in [1.54, 1.807) is 12.1 Å². The first-order valence-electron chi connectivity index (χ1n) is 4.93. The number of nitrogens with one attached hydrogen (secondary N) is 1. The largest absolute Gasteiger partial charge is 0.398 e. The molecule has 0 aliphatic heterocycles. The molecule has 0 fully saturated rings. The van der Waals surface area contributed by atoms with Crippen molar-refractivity contribution in [2.24, 2.45) is 0 Å². The molecular formula is C11H15ClN2O2S. The molecule has 0 saturated carbocycles. The molecule has 17 heavy (non-hydrogen) atoms. The van der Waals surface area contributed by atoms with Crippen molar-refractivity contribution < 1.29 is 8.42 Å². The fourth-order valence-corrected chi connectivity index (χ4v) is 2.66. The van der Waals surface area contributed by atoms with E-state index in [4.69, 9.17) is 17.3 Å². The molecule has 1 rings (SSSR count). The number of rotatable bonds is 4. The molecule has 6 heteroatoms. The van der Waals surface area contributed by atoms with Gasteiger partial charge in [0, 0.05) is 11.6 Å². The van der Waals surface area contributed by atoms with Gasteiger partial charge in [0.25, 0.3) is 0 Å². The van der Waals surface area contributed by atoms with Crippen LogP contribution in [0, 0.1) is 13.8 Å². The predicted molar refractivity (Wildman–Crippen MR) is 70.5 cm³/mol. The van der Waals surface area contributed by atoms with Crippen LogP contribution in [-0.2, 0) is 10.0 Å². The lowest BCUT2D eigenvalue weighted by Gasteiger charge is -2.11. The Balaban J connectivity index is 3.15. The number of sulfonamides is 1. The van der Waals surface area contributed by atoms with Gasteiger partial charge in [-0.3, -0.25) is 0 Å². The minimum Gasteiger partial charge on any atom is -0.398 e. The lowest BCUT2D eigenvalue weighted by molar-refractivity contribution is 0.585. The zero-order chi connectivity index (χ0) is 13.2. The molecule has 0 saturated heterocycles. The number of halogens is 1. The second kappa shape index (κ2) is 5.08. The number of anilines is 1. The number of benzene rings is 1. The molecule has 0 bridgehead atoms. The van der Waals surface area contributed by atoms with E-state index in [1.165, 1.54) is 0 Å². The summed E-state index contributed by atoms with van der Waals surface area (Å²) < 4.78 is 26.2. The molecule has 0 spiro atoms. The number of nitrogens with two attached hydrogens (primary N) is 1. The third kappa shape index (κ3) is 3.46. The van der Waals surface area contributed by atoms with Crippen molar-refractivity contribution >= 4 is 27.3 Å². The van der Waals surface area contributed by atoms with Crippen LogP contribution in [0.3, 0.4) is 0 Å². The Bertz CT molecular complexity index is 553. The first kappa shape index (κ1) is 14.0. The normalized spacial score (nSPS) is 11.5. The van der Waals surface area contributed by atoms with E-state index in [1.807, 2.05) is 13.8 Å². The molecule has 94 valence electrons. The van der Waals surface area contributed by atoms with Gasteiger partial charge >= 0.3 is 0 Å². The Morgan fingerprint density at radius 3 is 2.47 bits per heavy atom. The highest BCUT2D eigenvalue weighted by molar-refractivity contribution is 7.89. The first-order valence-corrected chi connectivity index (χ1v) is 6.80. The van der Waals surface area contributed by atoms with Gasteiger partial charge in [0.15, 0.2) is 0 Å². The molecular weight excluding hydrogens is 260 g/mol. The standard InChI is InChI=1S/C11H15ClN2O2S/c1-7-4-10(13)11(5-8(7)2)17(15,16)14-6-9(3)12/h4-5,14H,3,6,13H2,1-2H3. The lowest BCUT2D eigenvalue weighted by atomic mass is 10.1. The van der Waals surface area contributed by atoms with E-state index in [0.717, 1.165) is 11.1 Å². The number of hydrogen-bond acceptors (Lipinski definition) is 3. The topological polar surface area (TPSA) is 72.2 Å². The summed E-state index contributed by atoms with van der Waals surface area (Å²) >= 11 is 5.51. The monoisotopic (exact) mass is 274 g/mol. The lowest BCUT2D eigenvalue weighted by Crippen LogP contribution is -2.25. The quantitative estimate of drug-likeness (QED) is 0.824. The average Bonchev–Trinajstić information content (AvgIpc) is 2.20. The summed E-state index contributed by atoms with van der Waals surface area (Å²) in [5.41, 5.74) is 7.74. The third-order valence-electron chi connectivity index (χ3n) is 2.37. The van der Waals surface area contributed by atoms with Crippen LogP contribution in [0.5, 0.6) is 0 Å². The number of hydrogen-bond donors (Lipinski definition) is 2. The fraction of sp³-hybridized carbons (Fsp3) is 0.273. The minimum absolute atomic E-state index is 0.0176. The van der Waals surface area contributed by atoms with Crippen LogP contribution >= 0.6 is 11.6 Å². The van der Waals surface area contributed by atoms with E-state index in [0.29, 0.717) is 0 Å². The van der Waals surface area contributed by atoms with E-state index < -0.39 is 10.0 Å². The highest BCUT2D eigenvalue weighted by Crippen LogP contribution is 2.22. The van der Waals surface area contributed by atoms with Gasteiger partial charge in [0.05, 0.1) is 5.69 Å². The molecule has 0 aromatic heterocycles. The molecule has 0 aliphatic rings. The summed E-state index contributed by atoms with van der Waals surface area (Å²) in [7, 11) is -3.65. The third-order valence-corrected chi connectivity index (χ3v) is 3.96. The maximum Gasteiger partial charge on any atom is 0.242 e. The van der Waals surface area contributed by atoms with Crippen LogP contribution in [0.1, 0.15) is 11.1 Å². The van der Waals surface area contributed by atoms with Crippen LogP contribution in [0.2, 0.25) is 0 Å². The van der Waals surface area contributed by atoms with Gasteiger partial charge in [0.1, 0.15) is 4.90 Å². The Hall–Kier alpha value is -1.04. The smallest absolute Gasteiger partial charge is 0.242 e. The highest BCUT2D eigenvalue weighted by Gasteiger charge is 2.18. The van der Waals surface area contributed by atoms with Crippen LogP contribution in [-0.4, -0.2) is 15.0 Å². The van der Waals surface area contributed by atoms with Crippen LogP contribution in [0.15, 0.2) is 28.6 Å². The van der Waals surface area contributed by atoms with Gasteiger partial charge < -0.3 is 5.73 Å². The molecule has 0 heterocycles. The van der Waals surface area contributed by atoms with Crippen molar-refractivity contribution in [3.8, 4) is 0 Å². The van der Waals surface area contributed by atoms with Crippen molar-refractivity contribution in [1.29, 1.82) is 0 Å². The van der Waals surface area contributed by atoms with Gasteiger partial charge in [-0.2, -0.15) is 0 Å². The van der Waals surface area contributed by atoms with Gasteiger partial charge in [-0.1, -0.05) is 18.2 Å². The molecule has 0 atom stereocenters. The van der Waals surface area contributed by atoms with Crippen LogP contribution in [0.25, 0.3) is 0 Å². The molecule has 3 N–H and O–H groups in total. The summed E-state index contributed by atoms with van der Waals surface area (Å²) in [4.78, 5) is 0.0681. The molecule has 0 amide bonds. The molecule has 1 aromatic rings. The number of aryl methyl sites for hydroxylation is 2. The fourth-order valence-electron chi connectivity index (χ4n) is 1.30. The van der Waals surface area contributed by atoms with Crippen molar-refractivity contribution in [2.75, 3.05) is 12.3 Å². The average molecular weight is 275 g/mol. The van der Waals surface area contributed by atoms with E-state index in [2.05, 4.69) is 11.3 Å². The highest BCUT2D eigenvalue weighted by atomic mass is 35.5. The summed E-state index contributed by atoms with van der Waals surface area (Å²) in [5, 5.41) is 0.219. The van der Waals surface area contributed by atoms with Crippen molar-refractivity contribution in [3.05, 3.63) is 34.9 Å². The van der Waals surface area contributed by atoms with Crippen LogP contribution < -0.4 is 10.5 Å². The van der Waals surface area contributed by atoms with Crippen molar-refractivity contribution in [2.45, 2.75) is 18.7 Å². The molecule has 4 nitrogen and oxygen atoms in total. The number of nitrogen functional groups attached to an aromatic ring is 1. The summed E-state index contributed by atoms with van der Waals surface area (Å²) in [6.07, 6.45) is 0. The predicted octanol–water partition coefficient (Wildman–Crippen LogP) is 1.92. The molecule has 0 radical (unpaired) electrons. The molecule has 0 unspecified atom stereocenters. The first-order chi connectivity index (χ1) is 7.74. The Morgan fingerprint density at radius 1 is 1.41 bits per heavy atom. The van der Waals surface area contributed by atoms with Crippen molar-refractivity contribution in [3.63, 3.8) is 0 Å². The Kier molecular flexibility index (Phi) is 4.19. The summed E-state index contributed by atoms with van der Waals surface area (Å²) in [5.74, 6) is 0. The van der Waals surface area contributed by atoms with E-state index >= 15 is 0 Å². The zero-order valence-electron chi connectivity index (χ0n) is 9.75. The Morgan fingerprint density at radius 2 is 1.94 bits per heavy atom. The maximum absolute atomic E-state index is 11.9. The second-order valence-corrected chi connectivity index (χ2v) is 6.09. The van der Waals surface area contributed by atoms with Gasteiger partial charge in [-0.15, -0.1) is 0 Å². The second-order valence-electron chi connectivity index (χ2n) is 3.82. The van der Waals surface area contributed by atoms with E-state index in [9.17, 15) is 8.42 Å². The van der Waals surface area contributed by atoms with Crippen molar-refractivity contribution in [1.82, 2.24) is 4.72 Å². The summed E-state index contributed by atoms with van der Waals surface area (Å²) in [6, 6.07) is 3.18. The van der Waals surface area contributed by atoms with Gasteiger partial charge in [-0.25, -0.2) is 13.1 Å². The maximum atomic E-state index is 11.9. The molecule has 1 aromatic carbocycles. The zero-order valence-corrected chi connectivity index (χ0v) is 11.3. The van der Waals surface area contributed by atoms with E-state index in [-0.39, 0.29) is 22.2 Å². The van der Waals surface area contributed by atoms with Gasteiger partial charge in [-0.05, 0) is 37.1 Å². The van der Waals surface area contributed by atoms with Crippen LogP contribution in [0.4, 0.5) is 5.69 Å². The summed E-state index contributed by atoms with van der Waals surface area (Å²) in [6.45, 7) is 7.09. The van der Waals surface area contributed by atoms with Gasteiger partial charge in [0.2, 0.25) is 10.0 Å². The minimum atomic E-state index is -3.65. The molecule has 0 aliphatic carbocycles. The SMILES string of the molecule is C=C(Cl)CNS(=O)(=O)c1cc(C)c(C)cc1N.